The number of Topliss-reactive ketones (excluding diaryl/α,β-unsaturated/α-hetero) is 1. The molecule has 0 unspecified atom stereocenters. The molecule has 0 bridgehead atoms. The smallest absolute Gasteiger partial charge is 0.277 e. The average molecular weight is 458 g/mol. The van der Waals surface area contributed by atoms with Gasteiger partial charge in [0.25, 0.3) is 5.22 Å². The molecule has 2 aromatic carbocycles. The first-order valence-corrected chi connectivity index (χ1v) is 12.6. The number of nitrogens with zero attached hydrogens (tertiary/aromatic N) is 3. The van der Waals surface area contributed by atoms with Gasteiger partial charge in [-0.1, -0.05) is 54.9 Å². The van der Waals surface area contributed by atoms with Crippen molar-refractivity contribution in [1.82, 2.24) is 14.5 Å². The summed E-state index contributed by atoms with van der Waals surface area (Å²) in [6.45, 7) is 1.13. The second kappa shape index (κ2) is 9.76. The monoisotopic (exact) mass is 457 g/mol. The maximum absolute atomic E-state index is 12.9. The first-order chi connectivity index (χ1) is 15.0. The van der Waals surface area contributed by atoms with Crippen LogP contribution in [0.2, 0.25) is 0 Å². The van der Waals surface area contributed by atoms with Gasteiger partial charge in [-0.2, -0.15) is 4.31 Å². The molecule has 1 fully saturated rings. The predicted molar refractivity (Wildman–Crippen MR) is 118 cm³/mol. The highest BCUT2D eigenvalue weighted by Crippen LogP contribution is 2.26. The molecule has 162 valence electrons. The Hall–Kier alpha value is -2.49. The molecule has 1 aliphatic heterocycles. The summed E-state index contributed by atoms with van der Waals surface area (Å²) in [7, 11) is -3.50. The first-order valence-electron chi connectivity index (χ1n) is 10.2. The van der Waals surface area contributed by atoms with Crippen molar-refractivity contribution in [2.24, 2.45) is 0 Å². The SMILES string of the molecule is O=C(CSc1nnc(-c2ccc(S(=O)(=O)N3CCCCCC3)cc2)o1)c1ccccc1. The fraction of sp³-hybridized carbons (Fsp3) is 0.318. The van der Waals surface area contributed by atoms with Crippen LogP contribution in [0.3, 0.4) is 0 Å². The molecule has 1 saturated heterocycles. The van der Waals surface area contributed by atoms with Crippen molar-refractivity contribution in [3.05, 3.63) is 60.2 Å². The van der Waals surface area contributed by atoms with Crippen LogP contribution >= 0.6 is 11.8 Å². The van der Waals surface area contributed by atoms with E-state index in [-0.39, 0.29) is 22.3 Å². The molecule has 1 aromatic heterocycles. The van der Waals surface area contributed by atoms with Crippen molar-refractivity contribution in [3.63, 3.8) is 0 Å². The van der Waals surface area contributed by atoms with Gasteiger partial charge in [-0.3, -0.25) is 4.79 Å². The number of hydrogen-bond acceptors (Lipinski definition) is 7. The van der Waals surface area contributed by atoms with E-state index in [2.05, 4.69) is 10.2 Å². The van der Waals surface area contributed by atoms with Gasteiger partial charge in [0, 0.05) is 24.2 Å². The summed E-state index contributed by atoms with van der Waals surface area (Å²) in [5, 5.41) is 8.30. The Morgan fingerprint density at radius 3 is 2.29 bits per heavy atom. The van der Waals surface area contributed by atoms with Crippen molar-refractivity contribution < 1.29 is 17.6 Å². The van der Waals surface area contributed by atoms with Crippen molar-refractivity contribution in [3.8, 4) is 11.5 Å². The number of rotatable bonds is 7. The molecular formula is C22H23N3O4S2. The molecule has 0 N–H and O–H groups in total. The summed E-state index contributed by atoms with van der Waals surface area (Å²) in [5.41, 5.74) is 1.26. The van der Waals surface area contributed by atoms with Crippen molar-refractivity contribution >= 4 is 27.6 Å². The molecule has 7 nitrogen and oxygen atoms in total. The van der Waals surface area contributed by atoms with Gasteiger partial charge in [0.1, 0.15) is 0 Å². The van der Waals surface area contributed by atoms with Gasteiger partial charge < -0.3 is 4.42 Å². The van der Waals surface area contributed by atoms with Gasteiger partial charge in [-0.15, -0.1) is 10.2 Å². The van der Waals surface area contributed by atoms with Crippen LogP contribution in [-0.4, -0.2) is 47.5 Å². The van der Waals surface area contributed by atoms with Crippen LogP contribution in [0, 0.1) is 0 Å². The van der Waals surface area contributed by atoms with Gasteiger partial charge in [-0.25, -0.2) is 8.42 Å². The minimum Gasteiger partial charge on any atom is -0.411 e. The van der Waals surface area contributed by atoms with Crippen LogP contribution in [0.15, 0.2) is 69.1 Å². The lowest BCUT2D eigenvalue weighted by Gasteiger charge is -2.19. The highest BCUT2D eigenvalue weighted by atomic mass is 32.2. The van der Waals surface area contributed by atoms with E-state index in [4.69, 9.17) is 4.42 Å². The Balaban J connectivity index is 1.41. The third-order valence-electron chi connectivity index (χ3n) is 5.13. The van der Waals surface area contributed by atoms with Crippen molar-refractivity contribution in [2.45, 2.75) is 35.8 Å². The standard InChI is InChI=1S/C22H23N3O4S2/c26-20(17-8-4-3-5-9-17)16-30-22-24-23-21(29-22)18-10-12-19(13-11-18)31(27,28)25-14-6-1-2-7-15-25/h3-5,8-13H,1-2,6-7,14-16H2. The van der Waals surface area contributed by atoms with E-state index in [1.165, 1.54) is 11.8 Å². The minimum absolute atomic E-state index is 0.0200. The Labute approximate surface area is 185 Å². The lowest BCUT2D eigenvalue weighted by Crippen LogP contribution is -2.31. The maximum Gasteiger partial charge on any atom is 0.277 e. The molecule has 0 spiro atoms. The van der Waals surface area contributed by atoms with Gasteiger partial charge in [0.05, 0.1) is 10.6 Å². The number of thioether (sulfide) groups is 1. The zero-order valence-corrected chi connectivity index (χ0v) is 18.6. The Morgan fingerprint density at radius 1 is 0.935 bits per heavy atom. The number of hydrogen-bond donors (Lipinski definition) is 0. The molecule has 1 aliphatic rings. The molecule has 2 heterocycles. The minimum atomic E-state index is -3.50. The number of aromatic nitrogens is 2. The quantitative estimate of drug-likeness (QED) is 0.386. The van der Waals surface area contributed by atoms with E-state index >= 15 is 0 Å². The normalized spacial score (nSPS) is 15.5. The summed E-state index contributed by atoms with van der Waals surface area (Å²) in [5.74, 6) is 0.459. The molecule has 3 aromatic rings. The van der Waals surface area contributed by atoms with E-state index in [0.29, 0.717) is 29.4 Å². The van der Waals surface area contributed by atoms with Crippen LogP contribution in [0.1, 0.15) is 36.0 Å². The highest BCUT2D eigenvalue weighted by Gasteiger charge is 2.25. The average Bonchev–Trinajstić information content (AvgIpc) is 3.10. The second-order valence-electron chi connectivity index (χ2n) is 7.29. The fourth-order valence-corrected chi connectivity index (χ4v) is 5.59. The summed E-state index contributed by atoms with van der Waals surface area (Å²) >= 11 is 1.17. The predicted octanol–water partition coefficient (Wildman–Crippen LogP) is 4.28. The van der Waals surface area contributed by atoms with E-state index < -0.39 is 10.0 Å². The fourth-order valence-electron chi connectivity index (χ4n) is 3.42. The van der Waals surface area contributed by atoms with Gasteiger partial charge in [0.2, 0.25) is 15.9 Å². The van der Waals surface area contributed by atoms with Crippen LogP contribution in [-0.2, 0) is 10.0 Å². The third-order valence-corrected chi connectivity index (χ3v) is 7.86. The molecule has 0 amide bonds. The van der Waals surface area contributed by atoms with Crippen LogP contribution < -0.4 is 0 Å². The Bertz CT molecular complexity index is 1120. The molecule has 31 heavy (non-hydrogen) atoms. The largest absolute Gasteiger partial charge is 0.411 e. The van der Waals surface area contributed by atoms with Gasteiger partial charge in [0.15, 0.2) is 5.78 Å². The number of benzene rings is 2. The van der Waals surface area contributed by atoms with E-state index in [1.54, 1.807) is 40.7 Å². The van der Waals surface area contributed by atoms with Crippen molar-refractivity contribution in [2.75, 3.05) is 18.8 Å². The topological polar surface area (TPSA) is 93.4 Å². The van der Waals surface area contributed by atoms with E-state index in [0.717, 1.165) is 25.7 Å². The number of carbonyl (C=O) groups excluding carboxylic acids is 1. The summed E-state index contributed by atoms with van der Waals surface area (Å²) in [4.78, 5) is 12.5. The van der Waals surface area contributed by atoms with Crippen LogP contribution in [0.5, 0.6) is 0 Å². The molecule has 0 radical (unpaired) electrons. The third kappa shape index (κ3) is 5.23. The van der Waals surface area contributed by atoms with Crippen LogP contribution in [0.4, 0.5) is 0 Å². The number of carbonyl (C=O) groups is 1. The zero-order chi connectivity index (χ0) is 21.7. The second-order valence-corrected chi connectivity index (χ2v) is 10.2. The van der Waals surface area contributed by atoms with E-state index in [9.17, 15) is 13.2 Å². The molecule has 9 heteroatoms. The molecule has 0 saturated carbocycles. The Kier molecular flexibility index (Phi) is 6.84. The highest BCUT2D eigenvalue weighted by molar-refractivity contribution is 7.99. The lowest BCUT2D eigenvalue weighted by atomic mass is 10.2. The number of sulfonamides is 1. The van der Waals surface area contributed by atoms with Gasteiger partial charge >= 0.3 is 0 Å². The van der Waals surface area contributed by atoms with Gasteiger partial charge in [-0.05, 0) is 37.1 Å². The molecular weight excluding hydrogens is 434 g/mol. The number of ketones is 1. The zero-order valence-electron chi connectivity index (χ0n) is 16.9. The van der Waals surface area contributed by atoms with Crippen molar-refractivity contribution in [1.29, 1.82) is 0 Å². The summed E-state index contributed by atoms with van der Waals surface area (Å²) < 4.78 is 33.0. The molecule has 4 rings (SSSR count). The summed E-state index contributed by atoms with van der Waals surface area (Å²) in [6.07, 6.45) is 3.93. The maximum atomic E-state index is 12.9. The first kappa shape index (κ1) is 21.7. The van der Waals surface area contributed by atoms with E-state index in [1.807, 2.05) is 18.2 Å². The lowest BCUT2D eigenvalue weighted by molar-refractivity contribution is 0.102. The van der Waals surface area contributed by atoms with Crippen LogP contribution in [0.25, 0.3) is 11.5 Å². The Morgan fingerprint density at radius 2 is 1.61 bits per heavy atom. The molecule has 0 atom stereocenters. The molecule has 0 aliphatic carbocycles. The summed E-state index contributed by atoms with van der Waals surface area (Å²) in [6, 6.07) is 15.5.